The Bertz CT molecular complexity index is 545. The molecule has 224 valence electrons. The molecule has 0 aliphatic heterocycles. The zero-order valence-electron chi connectivity index (χ0n) is 15.4. The van der Waals surface area contributed by atoms with Crippen LogP contribution in [0.5, 0.6) is 0 Å². The lowest BCUT2D eigenvalue weighted by Crippen LogP contribution is -1.66. The van der Waals surface area contributed by atoms with Gasteiger partial charge in [0.25, 0.3) is 0 Å². The van der Waals surface area contributed by atoms with E-state index in [-0.39, 0.29) is 0 Å². The normalized spacial score (nSPS) is 11.8. The standard InChI is InChI=1S/7H3O4P/c7*1-5(2,3)4/h7*(H3,1,2,3,4). The highest BCUT2D eigenvalue weighted by molar-refractivity contribution is 7.46. The summed E-state index contributed by atoms with van der Waals surface area (Å²) in [4.78, 5) is 151. The first kappa shape index (κ1) is 52.2. The molecule has 35 heteroatoms. The van der Waals surface area contributed by atoms with Gasteiger partial charge in [0.2, 0.25) is 0 Å². The van der Waals surface area contributed by atoms with Gasteiger partial charge in [-0.05, 0) is 0 Å². The molecule has 0 saturated carbocycles. The maximum absolute atomic E-state index is 8.88. The minimum Gasteiger partial charge on any atom is -0.303 e. The van der Waals surface area contributed by atoms with Crippen molar-refractivity contribution in [3.8, 4) is 0 Å². The van der Waals surface area contributed by atoms with E-state index in [9.17, 15) is 0 Å². The minimum absolute atomic E-state index is 4.64. The second-order valence-electron chi connectivity index (χ2n) is 3.59. The molecule has 0 amide bonds. The van der Waals surface area contributed by atoms with Crippen LogP contribution >= 0.6 is 54.8 Å². The van der Waals surface area contributed by atoms with E-state index in [1.54, 1.807) is 0 Å². The molecule has 0 atom stereocenters. The molecule has 0 spiro atoms. The maximum Gasteiger partial charge on any atom is 0.466 e. The minimum atomic E-state index is -4.64. The lowest BCUT2D eigenvalue weighted by molar-refractivity contribution is 0.272. The number of rotatable bonds is 0. The van der Waals surface area contributed by atoms with E-state index in [0.717, 1.165) is 0 Å². The fraction of sp³-hybridized carbons (Fsp3) is 0. The smallest absolute Gasteiger partial charge is 0.303 e. The Morgan fingerprint density at radius 3 is 0.171 bits per heavy atom. The SMILES string of the molecule is O=P(O)(O)O.O=P(O)(O)O.O=P(O)(O)O.O=P(O)(O)O.O=P(O)(O)O.O=P(O)(O)O.O=P(O)(O)O. The Labute approximate surface area is 190 Å². The molecule has 0 aromatic carbocycles. The van der Waals surface area contributed by atoms with Gasteiger partial charge in [0, 0.05) is 0 Å². The van der Waals surface area contributed by atoms with Crippen molar-refractivity contribution < 1.29 is 135 Å². The molecular formula is H21O28P7. The van der Waals surface area contributed by atoms with Crippen LogP contribution in [0.3, 0.4) is 0 Å². The van der Waals surface area contributed by atoms with Crippen LogP contribution < -0.4 is 0 Å². The highest BCUT2D eigenvalue weighted by Gasteiger charge is 2.02. The van der Waals surface area contributed by atoms with Gasteiger partial charge >= 0.3 is 54.8 Å². The predicted molar refractivity (Wildman–Crippen MR) is 99.8 cm³/mol. The fourth-order valence-corrected chi connectivity index (χ4v) is 0. The highest BCUT2D eigenvalue weighted by Crippen LogP contribution is 2.28. The van der Waals surface area contributed by atoms with Crippen LogP contribution in [0.4, 0.5) is 0 Å². The Balaban J connectivity index is -0.0000000523. The van der Waals surface area contributed by atoms with Crippen molar-refractivity contribution in [2.45, 2.75) is 0 Å². The van der Waals surface area contributed by atoms with Crippen LogP contribution in [0.2, 0.25) is 0 Å². The monoisotopic (exact) mass is 686 g/mol. The van der Waals surface area contributed by atoms with Crippen LogP contribution in [0.15, 0.2) is 0 Å². The summed E-state index contributed by atoms with van der Waals surface area (Å²) in [6.45, 7) is 0. The highest BCUT2D eigenvalue weighted by atomic mass is 31.2. The number of hydrogen-bond donors (Lipinski definition) is 21. The number of phosphoric acid groups is 7. The molecular weight excluding hydrogens is 665 g/mol. The van der Waals surface area contributed by atoms with Gasteiger partial charge in [0.1, 0.15) is 0 Å². The molecule has 28 nitrogen and oxygen atoms in total. The summed E-state index contributed by atoms with van der Waals surface area (Å²) in [6, 6.07) is 0. The quantitative estimate of drug-likeness (QED) is 0.105. The Morgan fingerprint density at radius 2 is 0.171 bits per heavy atom. The molecule has 35 heavy (non-hydrogen) atoms. The van der Waals surface area contributed by atoms with Crippen LogP contribution in [0.25, 0.3) is 0 Å². The van der Waals surface area contributed by atoms with E-state index >= 15 is 0 Å². The molecule has 0 heterocycles. The van der Waals surface area contributed by atoms with E-state index in [1.165, 1.54) is 0 Å². The summed E-state index contributed by atoms with van der Waals surface area (Å²) in [6.07, 6.45) is 0. The Hall–Kier alpha value is 0.770. The first-order valence-electron chi connectivity index (χ1n) is 5.48. The first-order valence-corrected chi connectivity index (χ1v) is 16.4. The van der Waals surface area contributed by atoms with Crippen molar-refractivity contribution in [2.75, 3.05) is 0 Å². The second kappa shape index (κ2) is 21.7. The van der Waals surface area contributed by atoms with Gasteiger partial charge < -0.3 is 103 Å². The maximum atomic E-state index is 8.88. The Kier molecular flexibility index (Phi) is 32.4. The van der Waals surface area contributed by atoms with Gasteiger partial charge in [-0.25, -0.2) is 32.0 Å². The zero-order chi connectivity index (χ0) is 31.5. The van der Waals surface area contributed by atoms with Crippen LogP contribution in [0.1, 0.15) is 0 Å². The van der Waals surface area contributed by atoms with Gasteiger partial charge in [0.05, 0.1) is 0 Å². The second-order valence-corrected chi connectivity index (χ2v) is 10.8. The van der Waals surface area contributed by atoms with Crippen molar-refractivity contribution in [3.05, 3.63) is 0 Å². The number of hydrogen-bond acceptors (Lipinski definition) is 7. The lowest BCUT2D eigenvalue weighted by Gasteiger charge is -1.82. The molecule has 0 aliphatic rings. The molecule has 0 unspecified atom stereocenters. The van der Waals surface area contributed by atoms with E-state index in [4.69, 9.17) is 135 Å². The first-order chi connectivity index (χ1) is 14.0. The molecule has 0 bridgehead atoms. The van der Waals surface area contributed by atoms with Crippen LogP contribution in [-0.2, 0) is 32.0 Å². The molecule has 0 fully saturated rings. The summed E-state index contributed by atoms with van der Waals surface area (Å²) in [7, 11) is -32.5. The average Bonchev–Trinajstić information content (AvgIpc) is 2.06. The van der Waals surface area contributed by atoms with Crippen molar-refractivity contribution in [1.29, 1.82) is 0 Å². The third kappa shape index (κ3) is 63000. The summed E-state index contributed by atoms with van der Waals surface area (Å²) in [5.41, 5.74) is 0. The van der Waals surface area contributed by atoms with Gasteiger partial charge in [-0.3, -0.25) is 0 Å². The molecule has 21 N–H and O–H groups in total. The lowest BCUT2D eigenvalue weighted by atomic mass is 15.8. The molecule has 0 aliphatic carbocycles. The van der Waals surface area contributed by atoms with Crippen LogP contribution in [-0.4, -0.2) is 103 Å². The molecule has 0 rings (SSSR count). The summed E-state index contributed by atoms with van der Waals surface area (Å²) in [5.74, 6) is 0. The van der Waals surface area contributed by atoms with Gasteiger partial charge in [-0.2, -0.15) is 0 Å². The summed E-state index contributed by atoms with van der Waals surface area (Å²) in [5, 5.41) is 0. The molecule has 0 aromatic heterocycles. The van der Waals surface area contributed by atoms with E-state index in [1.807, 2.05) is 0 Å². The van der Waals surface area contributed by atoms with Crippen molar-refractivity contribution in [2.24, 2.45) is 0 Å². The van der Waals surface area contributed by atoms with Crippen molar-refractivity contribution in [3.63, 3.8) is 0 Å². The van der Waals surface area contributed by atoms with E-state index < -0.39 is 54.8 Å². The largest absolute Gasteiger partial charge is 0.466 e. The zero-order valence-corrected chi connectivity index (χ0v) is 21.6. The van der Waals surface area contributed by atoms with E-state index in [2.05, 4.69) is 0 Å². The summed E-state index contributed by atoms with van der Waals surface area (Å²) < 4.78 is 62.2. The predicted octanol–water partition coefficient (Wildman–Crippen LogP) is -6.50. The van der Waals surface area contributed by atoms with Crippen molar-refractivity contribution >= 4 is 54.8 Å². The molecule has 0 saturated heterocycles. The van der Waals surface area contributed by atoms with Gasteiger partial charge in [-0.15, -0.1) is 0 Å². The molecule has 0 radical (unpaired) electrons. The third-order valence-electron chi connectivity index (χ3n) is 0. The Morgan fingerprint density at radius 1 is 0.171 bits per heavy atom. The van der Waals surface area contributed by atoms with E-state index in [0.29, 0.717) is 0 Å². The van der Waals surface area contributed by atoms with Gasteiger partial charge in [-0.1, -0.05) is 0 Å². The average molecular weight is 686 g/mol. The third-order valence-corrected chi connectivity index (χ3v) is 0. The molecule has 0 aromatic rings. The van der Waals surface area contributed by atoms with Crippen molar-refractivity contribution in [1.82, 2.24) is 0 Å². The van der Waals surface area contributed by atoms with Crippen LogP contribution in [0, 0.1) is 0 Å². The summed E-state index contributed by atoms with van der Waals surface area (Å²) >= 11 is 0. The van der Waals surface area contributed by atoms with Gasteiger partial charge in [0.15, 0.2) is 0 Å². The fourth-order valence-electron chi connectivity index (χ4n) is 0. The topological polar surface area (TPSA) is 544 Å².